The van der Waals surface area contributed by atoms with Crippen molar-refractivity contribution in [3.8, 4) is 0 Å². The maximum atomic E-state index is 13.4. The second-order valence-corrected chi connectivity index (χ2v) is 6.17. The van der Waals surface area contributed by atoms with Crippen molar-refractivity contribution in [1.29, 1.82) is 0 Å². The first-order valence-electron chi connectivity index (χ1n) is 5.89. The van der Waals surface area contributed by atoms with Crippen LogP contribution in [0, 0.1) is 5.82 Å². The molecule has 0 spiro atoms. The highest BCUT2D eigenvalue weighted by molar-refractivity contribution is 9.10. The van der Waals surface area contributed by atoms with Gasteiger partial charge in [0.25, 0.3) is 0 Å². The van der Waals surface area contributed by atoms with E-state index in [-0.39, 0.29) is 11.9 Å². The van der Waals surface area contributed by atoms with Crippen molar-refractivity contribution in [3.05, 3.63) is 55.9 Å². The Bertz CT molecular complexity index is 538. The smallest absolute Gasteiger partial charge is 0.137 e. The van der Waals surface area contributed by atoms with Crippen molar-refractivity contribution in [1.82, 2.24) is 0 Å². The van der Waals surface area contributed by atoms with E-state index in [0.29, 0.717) is 10.9 Å². The van der Waals surface area contributed by atoms with Gasteiger partial charge in [-0.05, 0) is 52.5 Å². The van der Waals surface area contributed by atoms with Crippen LogP contribution in [0.1, 0.15) is 28.3 Å². The van der Waals surface area contributed by atoms with Gasteiger partial charge in [-0.3, -0.25) is 0 Å². The number of nitrogens with two attached hydrogens (primary N) is 1. The lowest BCUT2D eigenvalue weighted by molar-refractivity contribution is 0.614. The van der Waals surface area contributed by atoms with Crippen LogP contribution in [0.4, 0.5) is 4.39 Å². The maximum absolute atomic E-state index is 13.4. The van der Waals surface area contributed by atoms with Crippen LogP contribution in [0.25, 0.3) is 0 Å². The molecule has 4 heteroatoms. The fraction of sp³-hybridized carbons (Fsp3) is 0.286. The first kappa shape index (κ1) is 13.7. The van der Waals surface area contributed by atoms with Crippen LogP contribution < -0.4 is 5.73 Å². The van der Waals surface area contributed by atoms with Crippen molar-refractivity contribution in [3.63, 3.8) is 0 Å². The highest BCUT2D eigenvalue weighted by Crippen LogP contribution is 2.28. The van der Waals surface area contributed by atoms with Gasteiger partial charge in [0.05, 0.1) is 4.47 Å². The number of hydrogen-bond donors (Lipinski definition) is 1. The van der Waals surface area contributed by atoms with E-state index in [1.165, 1.54) is 10.9 Å². The molecule has 1 heterocycles. The molecule has 0 aliphatic heterocycles. The first-order valence-corrected chi connectivity index (χ1v) is 7.49. The number of hydrogen-bond acceptors (Lipinski definition) is 2. The van der Waals surface area contributed by atoms with Gasteiger partial charge in [-0.2, -0.15) is 0 Å². The van der Waals surface area contributed by atoms with E-state index in [9.17, 15) is 4.39 Å². The molecule has 1 aromatic heterocycles. The molecule has 0 amide bonds. The lowest BCUT2D eigenvalue weighted by Gasteiger charge is -2.11. The zero-order valence-corrected chi connectivity index (χ0v) is 12.5. The van der Waals surface area contributed by atoms with Gasteiger partial charge in [-0.25, -0.2) is 4.39 Å². The Labute approximate surface area is 119 Å². The minimum atomic E-state index is -0.236. The molecule has 2 N–H and O–H groups in total. The third-order valence-electron chi connectivity index (χ3n) is 2.87. The molecule has 0 bridgehead atoms. The Hall–Kier alpha value is -0.710. The van der Waals surface area contributed by atoms with Crippen LogP contribution in [-0.4, -0.2) is 0 Å². The zero-order valence-electron chi connectivity index (χ0n) is 10.1. The highest BCUT2D eigenvalue weighted by Gasteiger charge is 2.13. The van der Waals surface area contributed by atoms with Crippen LogP contribution in [0.5, 0.6) is 0 Å². The average Bonchev–Trinajstić information content (AvgIpc) is 2.83. The minimum Gasteiger partial charge on any atom is -0.323 e. The van der Waals surface area contributed by atoms with E-state index < -0.39 is 0 Å². The summed E-state index contributed by atoms with van der Waals surface area (Å²) in [5.41, 5.74) is 7.09. The van der Waals surface area contributed by atoms with Gasteiger partial charge in [0, 0.05) is 15.8 Å². The van der Waals surface area contributed by atoms with E-state index in [4.69, 9.17) is 5.73 Å². The van der Waals surface area contributed by atoms with Gasteiger partial charge in [0.15, 0.2) is 0 Å². The number of benzene rings is 1. The van der Waals surface area contributed by atoms with Crippen molar-refractivity contribution in [2.75, 3.05) is 0 Å². The maximum Gasteiger partial charge on any atom is 0.137 e. The largest absolute Gasteiger partial charge is 0.323 e. The van der Waals surface area contributed by atoms with Crippen LogP contribution >= 0.6 is 27.3 Å². The molecule has 2 rings (SSSR count). The summed E-state index contributed by atoms with van der Waals surface area (Å²) in [4.78, 5) is 2.49. The van der Waals surface area contributed by atoms with Crippen molar-refractivity contribution >= 4 is 27.3 Å². The van der Waals surface area contributed by atoms with Gasteiger partial charge in [0.2, 0.25) is 0 Å². The molecule has 0 saturated carbocycles. The first-order chi connectivity index (χ1) is 8.61. The second kappa shape index (κ2) is 5.95. The molecular formula is C14H15BrFNS. The Morgan fingerprint density at radius 2 is 2.11 bits per heavy atom. The Kier molecular flexibility index (Phi) is 4.54. The molecule has 1 nitrogen and oxygen atoms in total. The van der Waals surface area contributed by atoms with E-state index in [0.717, 1.165) is 16.9 Å². The molecule has 0 aliphatic carbocycles. The highest BCUT2D eigenvalue weighted by atomic mass is 79.9. The van der Waals surface area contributed by atoms with Gasteiger partial charge >= 0.3 is 0 Å². The molecule has 1 unspecified atom stereocenters. The minimum absolute atomic E-state index is 0.0756. The third-order valence-corrected chi connectivity index (χ3v) is 5.12. The normalized spacial score (nSPS) is 12.7. The average molecular weight is 328 g/mol. The summed E-state index contributed by atoms with van der Waals surface area (Å²) in [5, 5.41) is 0. The van der Waals surface area contributed by atoms with Gasteiger partial charge in [0.1, 0.15) is 5.82 Å². The number of aryl methyl sites for hydroxylation is 1. The van der Waals surface area contributed by atoms with E-state index in [1.54, 1.807) is 17.4 Å². The molecule has 0 aliphatic rings. The molecule has 0 fully saturated rings. The van der Waals surface area contributed by atoms with E-state index in [2.05, 4.69) is 35.0 Å². The van der Waals surface area contributed by atoms with Gasteiger partial charge in [-0.15, -0.1) is 11.3 Å². The molecule has 0 saturated heterocycles. The van der Waals surface area contributed by atoms with Gasteiger partial charge < -0.3 is 5.73 Å². The summed E-state index contributed by atoms with van der Waals surface area (Å²) in [6.45, 7) is 2.13. The zero-order chi connectivity index (χ0) is 13.1. The van der Waals surface area contributed by atoms with Crippen LogP contribution in [0.3, 0.4) is 0 Å². The second-order valence-electron chi connectivity index (χ2n) is 4.18. The van der Waals surface area contributed by atoms with Crippen LogP contribution in [-0.2, 0) is 12.8 Å². The molecule has 2 aromatic rings. The molecule has 0 radical (unpaired) electrons. The lowest BCUT2D eigenvalue weighted by Crippen LogP contribution is -2.12. The topological polar surface area (TPSA) is 26.0 Å². The molecule has 1 atom stereocenters. The molecule has 18 heavy (non-hydrogen) atoms. The third kappa shape index (κ3) is 2.99. The predicted molar refractivity (Wildman–Crippen MR) is 78.4 cm³/mol. The fourth-order valence-electron chi connectivity index (χ4n) is 1.83. The summed E-state index contributed by atoms with van der Waals surface area (Å²) < 4.78 is 13.9. The van der Waals surface area contributed by atoms with E-state index >= 15 is 0 Å². The number of thiophene rings is 1. The van der Waals surface area contributed by atoms with Crippen LogP contribution in [0.15, 0.2) is 34.8 Å². The Balaban J connectivity index is 2.15. The Morgan fingerprint density at radius 3 is 2.78 bits per heavy atom. The monoisotopic (exact) mass is 327 g/mol. The Morgan fingerprint density at radius 1 is 1.33 bits per heavy atom. The summed E-state index contributed by atoms with van der Waals surface area (Å²) in [6.07, 6.45) is 1.67. The van der Waals surface area contributed by atoms with Crippen molar-refractivity contribution in [2.24, 2.45) is 5.73 Å². The van der Waals surface area contributed by atoms with Crippen molar-refractivity contribution in [2.45, 2.75) is 25.8 Å². The summed E-state index contributed by atoms with van der Waals surface area (Å²) in [5.74, 6) is -0.236. The number of halogens is 2. The lowest BCUT2D eigenvalue weighted by atomic mass is 10.1. The summed E-state index contributed by atoms with van der Waals surface area (Å²) in [6, 6.07) is 9.17. The molecular weight excluding hydrogens is 313 g/mol. The summed E-state index contributed by atoms with van der Waals surface area (Å²) >= 11 is 5.01. The fourth-order valence-corrected chi connectivity index (χ4v) is 3.21. The van der Waals surface area contributed by atoms with E-state index in [1.807, 2.05) is 6.07 Å². The standard InChI is InChI=1S/C14H15BrFNS/c1-2-10-6-7-13(18-10)12(17)8-9-4-3-5-11(16)14(9)15/h3-7,12H,2,8,17H2,1H3. The SMILES string of the molecule is CCc1ccc(C(N)Cc2cccc(F)c2Br)s1. The van der Waals surface area contributed by atoms with Crippen LogP contribution in [0.2, 0.25) is 0 Å². The summed E-state index contributed by atoms with van der Waals surface area (Å²) in [7, 11) is 0. The number of rotatable bonds is 4. The van der Waals surface area contributed by atoms with Crippen molar-refractivity contribution < 1.29 is 4.39 Å². The molecule has 96 valence electrons. The predicted octanol–water partition coefficient (Wildman–Crippen LogP) is 4.45. The quantitative estimate of drug-likeness (QED) is 0.881. The molecule has 1 aromatic carbocycles. The van der Waals surface area contributed by atoms with Gasteiger partial charge in [-0.1, -0.05) is 19.1 Å².